The highest BCUT2D eigenvalue weighted by molar-refractivity contribution is 7.92. The molecule has 1 fully saturated rings. The Bertz CT molecular complexity index is 2120. The van der Waals surface area contributed by atoms with E-state index in [2.05, 4.69) is 27.3 Å². The summed E-state index contributed by atoms with van der Waals surface area (Å²) in [7, 11) is -7.58. The number of halogens is 2. The fourth-order valence-corrected chi connectivity index (χ4v) is 9.66. The Labute approximate surface area is 317 Å². The highest BCUT2D eigenvalue weighted by Crippen LogP contribution is 2.41. The second kappa shape index (κ2) is 17.5. The lowest BCUT2D eigenvalue weighted by atomic mass is 9.98. The number of unbranched alkanes of at least 4 members (excludes halogenated alkanes) is 1. The number of hydrogen-bond donors (Lipinski definition) is 3. The Hall–Kier alpha value is -3.88. The molecular formula is C39H51F2N5O4S3. The third kappa shape index (κ3) is 11.1. The zero-order valence-corrected chi connectivity index (χ0v) is 34.1. The molecule has 1 aliphatic heterocycles. The number of hydrogen-bond acceptors (Lipinski definition) is 8. The number of amidine groups is 1. The van der Waals surface area contributed by atoms with Crippen molar-refractivity contribution in [1.29, 1.82) is 0 Å². The van der Waals surface area contributed by atoms with Crippen LogP contribution in [0.1, 0.15) is 96.5 Å². The Morgan fingerprint density at radius 2 is 1.85 bits per heavy atom. The minimum Gasteiger partial charge on any atom is -0.383 e. The van der Waals surface area contributed by atoms with E-state index in [9.17, 15) is 16.8 Å². The first-order valence-electron chi connectivity index (χ1n) is 17.8. The molecule has 3 N–H and O–H groups in total. The molecule has 0 amide bonds. The number of aliphatic imine (C=N–C) groups is 1. The molecule has 14 heteroatoms. The highest BCUT2D eigenvalue weighted by Gasteiger charge is 2.29. The van der Waals surface area contributed by atoms with Crippen molar-refractivity contribution >= 4 is 60.1 Å². The summed E-state index contributed by atoms with van der Waals surface area (Å²) in [4.78, 5) is 9.69. The summed E-state index contributed by atoms with van der Waals surface area (Å²) in [5.74, 6) is -0.901. The standard InChI is InChI=1S/C39H51F2N5O4S3/c1-9-11-14-27(17-20-42-26(5)44-29-18-21-52(47,48)22-19-29)36-35(45-38(51-36)39(6,7)8)31-15-12-16-33(34(31)41)46-53(49,50)37-28(13-10-2)23-30(24-32(37)40)43-25(3)4/h10,12-17,20,23-25,29,43,46H,9,11,18-19,21-22H2,1-8H3,(H,42,44)/b13-10+,20-17-,27-14-. The molecule has 1 aliphatic rings. The Morgan fingerprint density at radius 1 is 1.15 bits per heavy atom. The van der Waals surface area contributed by atoms with Crippen molar-refractivity contribution in [2.45, 2.75) is 103 Å². The van der Waals surface area contributed by atoms with Crippen LogP contribution in [0, 0.1) is 11.6 Å². The van der Waals surface area contributed by atoms with E-state index in [4.69, 9.17) is 4.98 Å². The monoisotopic (exact) mass is 787 g/mol. The van der Waals surface area contributed by atoms with E-state index in [-0.39, 0.29) is 45.8 Å². The maximum absolute atomic E-state index is 16.6. The summed E-state index contributed by atoms with van der Waals surface area (Å²) in [6.07, 6.45) is 11.3. The number of thiazole rings is 1. The molecule has 2 aromatic carbocycles. The molecule has 4 rings (SSSR count). The lowest BCUT2D eigenvalue weighted by Gasteiger charge is -2.19. The number of aromatic nitrogens is 1. The van der Waals surface area contributed by atoms with Gasteiger partial charge in [0.15, 0.2) is 5.82 Å². The SMILES string of the molecule is C/C=C/c1cc(NC(C)C)cc(F)c1S(=O)(=O)Nc1cccc(-c2nc(C(C)(C)C)sc2C(/C=C\NC(C)=NC2CCS(=O)(=O)CC2)=C\CCC)c1F. The largest absolute Gasteiger partial charge is 0.383 e. The van der Waals surface area contributed by atoms with E-state index < -0.39 is 36.4 Å². The molecule has 0 aliphatic carbocycles. The normalized spacial score (nSPS) is 16.2. The van der Waals surface area contributed by atoms with Gasteiger partial charge in [0, 0.05) is 28.9 Å². The van der Waals surface area contributed by atoms with Gasteiger partial charge in [-0.15, -0.1) is 11.3 Å². The summed E-state index contributed by atoms with van der Waals surface area (Å²) in [5.41, 5.74) is 1.05. The van der Waals surface area contributed by atoms with Crippen molar-refractivity contribution in [2.24, 2.45) is 4.99 Å². The number of allylic oxidation sites excluding steroid dienone is 4. The van der Waals surface area contributed by atoms with Crippen LogP contribution in [0.25, 0.3) is 22.9 Å². The van der Waals surface area contributed by atoms with Crippen molar-refractivity contribution in [3.8, 4) is 11.3 Å². The van der Waals surface area contributed by atoms with Crippen molar-refractivity contribution in [1.82, 2.24) is 10.3 Å². The third-order valence-corrected chi connectivity index (χ3v) is 13.0. The van der Waals surface area contributed by atoms with Gasteiger partial charge in [0.2, 0.25) is 0 Å². The molecule has 2 heterocycles. The number of anilines is 2. The second-order valence-electron chi connectivity index (χ2n) is 14.4. The van der Waals surface area contributed by atoms with Crippen molar-refractivity contribution in [3.63, 3.8) is 0 Å². The van der Waals surface area contributed by atoms with Crippen molar-refractivity contribution in [3.05, 3.63) is 81.8 Å². The number of sulfonamides is 1. The van der Waals surface area contributed by atoms with Crippen LogP contribution < -0.4 is 15.4 Å². The van der Waals surface area contributed by atoms with E-state index in [0.717, 1.165) is 29.5 Å². The number of nitrogens with one attached hydrogen (secondary N) is 3. The maximum Gasteiger partial charge on any atom is 0.265 e. The lowest BCUT2D eigenvalue weighted by molar-refractivity contribution is 0.547. The average Bonchev–Trinajstić information content (AvgIpc) is 3.50. The van der Waals surface area contributed by atoms with Crippen LogP contribution >= 0.6 is 11.3 Å². The van der Waals surface area contributed by atoms with E-state index in [1.807, 2.05) is 53.7 Å². The Morgan fingerprint density at radius 3 is 2.47 bits per heavy atom. The van der Waals surface area contributed by atoms with Crippen molar-refractivity contribution in [2.75, 3.05) is 21.5 Å². The molecule has 0 atom stereocenters. The highest BCUT2D eigenvalue weighted by atomic mass is 32.2. The van der Waals surface area contributed by atoms with Gasteiger partial charge in [-0.3, -0.25) is 9.71 Å². The quantitative estimate of drug-likeness (QED) is 0.0895. The summed E-state index contributed by atoms with van der Waals surface area (Å²) in [6, 6.07) is 6.97. The van der Waals surface area contributed by atoms with Crippen LogP contribution in [-0.4, -0.2) is 51.2 Å². The first-order valence-corrected chi connectivity index (χ1v) is 21.9. The van der Waals surface area contributed by atoms with Gasteiger partial charge in [-0.1, -0.05) is 58.4 Å². The zero-order valence-electron chi connectivity index (χ0n) is 31.7. The average molecular weight is 788 g/mol. The lowest BCUT2D eigenvalue weighted by Crippen LogP contribution is -2.27. The van der Waals surface area contributed by atoms with Gasteiger partial charge in [0.05, 0.1) is 44.6 Å². The smallest absolute Gasteiger partial charge is 0.265 e. The number of nitrogens with zero attached hydrogens (tertiary/aromatic N) is 2. The first-order chi connectivity index (χ1) is 24.8. The molecule has 1 aromatic heterocycles. The van der Waals surface area contributed by atoms with Crippen LogP contribution in [0.5, 0.6) is 0 Å². The fraction of sp³-hybridized carbons (Fsp3) is 0.436. The van der Waals surface area contributed by atoms with E-state index in [0.29, 0.717) is 34.9 Å². The minimum atomic E-state index is -4.59. The number of benzene rings is 2. The van der Waals surface area contributed by atoms with Gasteiger partial charge in [-0.25, -0.2) is 30.6 Å². The predicted octanol–water partition coefficient (Wildman–Crippen LogP) is 9.32. The van der Waals surface area contributed by atoms with Gasteiger partial charge in [-0.2, -0.15) is 0 Å². The predicted molar refractivity (Wildman–Crippen MR) is 217 cm³/mol. The second-order valence-corrected chi connectivity index (χ2v) is 19.3. The molecule has 288 valence electrons. The summed E-state index contributed by atoms with van der Waals surface area (Å²) in [6.45, 7) is 15.4. The molecule has 1 saturated heterocycles. The zero-order chi connectivity index (χ0) is 39.1. The van der Waals surface area contributed by atoms with Crippen LogP contribution in [0.3, 0.4) is 0 Å². The molecule has 0 bridgehead atoms. The molecule has 9 nitrogen and oxygen atoms in total. The topological polar surface area (TPSA) is 130 Å². The van der Waals surface area contributed by atoms with Gasteiger partial charge in [0.25, 0.3) is 10.0 Å². The van der Waals surface area contributed by atoms with Crippen LogP contribution in [-0.2, 0) is 25.3 Å². The molecule has 53 heavy (non-hydrogen) atoms. The Kier molecular flexibility index (Phi) is 13.8. The Balaban J connectivity index is 1.74. The third-order valence-electron chi connectivity index (χ3n) is 8.28. The summed E-state index contributed by atoms with van der Waals surface area (Å²) >= 11 is 1.43. The number of sulfone groups is 1. The minimum absolute atomic E-state index is 0.0158. The van der Waals surface area contributed by atoms with Crippen LogP contribution in [0.4, 0.5) is 20.2 Å². The molecule has 0 unspecified atom stereocenters. The van der Waals surface area contributed by atoms with Gasteiger partial charge in [-0.05, 0) is 88.4 Å². The number of rotatable bonds is 13. The van der Waals surface area contributed by atoms with Gasteiger partial charge < -0.3 is 10.6 Å². The van der Waals surface area contributed by atoms with Gasteiger partial charge >= 0.3 is 0 Å². The molecule has 3 aromatic rings. The molecular weight excluding hydrogens is 737 g/mol. The van der Waals surface area contributed by atoms with Gasteiger partial charge in [0.1, 0.15) is 20.5 Å². The van der Waals surface area contributed by atoms with Crippen LogP contribution in [0.15, 0.2) is 64.6 Å². The van der Waals surface area contributed by atoms with Crippen LogP contribution in [0.2, 0.25) is 0 Å². The molecule has 0 saturated carbocycles. The first kappa shape index (κ1) is 41.9. The van der Waals surface area contributed by atoms with E-state index >= 15 is 8.78 Å². The van der Waals surface area contributed by atoms with E-state index in [1.54, 1.807) is 31.3 Å². The van der Waals surface area contributed by atoms with Crippen molar-refractivity contribution < 1.29 is 25.6 Å². The molecule has 0 radical (unpaired) electrons. The fourth-order valence-electron chi connectivity index (χ4n) is 5.73. The van der Waals surface area contributed by atoms with E-state index in [1.165, 1.54) is 29.5 Å². The summed E-state index contributed by atoms with van der Waals surface area (Å²) < 4.78 is 85.6. The summed E-state index contributed by atoms with van der Waals surface area (Å²) in [5, 5.41) is 7.04. The molecule has 0 spiro atoms. The maximum atomic E-state index is 16.6.